The van der Waals surface area contributed by atoms with Gasteiger partial charge in [0.1, 0.15) is 6.61 Å². The van der Waals surface area contributed by atoms with Gasteiger partial charge in [0.2, 0.25) is 5.78 Å². The molecule has 0 bridgehead atoms. The van der Waals surface area contributed by atoms with E-state index in [0.717, 1.165) is 16.7 Å². The van der Waals surface area contributed by atoms with Crippen LogP contribution < -0.4 is 0 Å². The van der Waals surface area contributed by atoms with Gasteiger partial charge in [0.15, 0.2) is 0 Å². The quantitative estimate of drug-likeness (QED) is 0.489. The Bertz CT molecular complexity index is 705. The molecule has 0 heterocycles. The lowest BCUT2D eigenvalue weighted by molar-refractivity contribution is -0.155. The van der Waals surface area contributed by atoms with Gasteiger partial charge in [0.05, 0.1) is 12.2 Å². The van der Waals surface area contributed by atoms with Crippen molar-refractivity contribution in [1.29, 1.82) is 0 Å². The molecule has 0 fully saturated rings. The number of carbonyl (C=O) groups excluding carboxylic acids is 2. The van der Waals surface area contributed by atoms with Crippen LogP contribution in [0.15, 0.2) is 54.6 Å². The summed E-state index contributed by atoms with van der Waals surface area (Å²) in [6, 6.07) is 17.3. The third kappa shape index (κ3) is 6.45. The minimum atomic E-state index is -0.791. The highest BCUT2D eigenvalue weighted by Gasteiger charge is 2.20. The molecule has 1 unspecified atom stereocenters. The second-order valence-electron chi connectivity index (χ2n) is 6.61. The van der Waals surface area contributed by atoms with E-state index in [4.69, 9.17) is 9.47 Å². The van der Waals surface area contributed by atoms with Crippen molar-refractivity contribution in [2.24, 2.45) is 0 Å². The Morgan fingerprint density at radius 2 is 1.62 bits per heavy atom. The number of ether oxygens (including phenoxy) is 2. The SMILES string of the molecule is Cc1ccc(C(CCC(=O)C(=O)OCc2ccccc2)OC(C)C)cc1. The number of benzene rings is 2. The fourth-order valence-corrected chi connectivity index (χ4v) is 2.59. The maximum absolute atomic E-state index is 12.1. The summed E-state index contributed by atoms with van der Waals surface area (Å²) >= 11 is 0. The predicted octanol–water partition coefficient (Wildman–Crippen LogP) is 4.55. The zero-order valence-corrected chi connectivity index (χ0v) is 15.6. The number of rotatable bonds is 9. The van der Waals surface area contributed by atoms with Gasteiger partial charge in [0, 0.05) is 6.42 Å². The molecular weight excluding hydrogens is 328 g/mol. The Balaban J connectivity index is 1.89. The van der Waals surface area contributed by atoms with Crippen molar-refractivity contribution in [3.8, 4) is 0 Å². The van der Waals surface area contributed by atoms with Gasteiger partial charge in [0.25, 0.3) is 0 Å². The molecule has 2 rings (SSSR count). The average Bonchev–Trinajstić information content (AvgIpc) is 2.64. The number of esters is 1. The summed E-state index contributed by atoms with van der Waals surface area (Å²) in [5.41, 5.74) is 3.03. The highest BCUT2D eigenvalue weighted by molar-refractivity contribution is 6.33. The first-order valence-electron chi connectivity index (χ1n) is 8.91. The van der Waals surface area contributed by atoms with Gasteiger partial charge in [-0.3, -0.25) is 4.79 Å². The normalized spacial score (nSPS) is 12.0. The summed E-state index contributed by atoms with van der Waals surface area (Å²) < 4.78 is 11.0. The van der Waals surface area contributed by atoms with Crippen LogP contribution in [-0.4, -0.2) is 17.9 Å². The minimum Gasteiger partial charge on any atom is -0.455 e. The molecule has 0 aliphatic heterocycles. The van der Waals surface area contributed by atoms with E-state index in [1.54, 1.807) is 0 Å². The topological polar surface area (TPSA) is 52.6 Å². The van der Waals surface area contributed by atoms with Gasteiger partial charge in [-0.1, -0.05) is 60.2 Å². The Kier molecular flexibility index (Phi) is 7.54. The van der Waals surface area contributed by atoms with Crippen LogP contribution >= 0.6 is 0 Å². The second kappa shape index (κ2) is 9.88. The van der Waals surface area contributed by atoms with Crippen LogP contribution in [-0.2, 0) is 25.7 Å². The number of hydrogen-bond donors (Lipinski definition) is 0. The summed E-state index contributed by atoms with van der Waals surface area (Å²) in [6.45, 7) is 6.04. The predicted molar refractivity (Wildman–Crippen MR) is 101 cm³/mol. The van der Waals surface area contributed by atoms with Crippen molar-refractivity contribution in [2.45, 2.75) is 52.4 Å². The van der Waals surface area contributed by atoms with E-state index in [1.807, 2.05) is 75.4 Å². The summed E-state index contributed by atoms with van der Waals surface area (Å²) in [6.07, 6.45) is 0.349. The van der Waals surface area contributed by atoms with E-state index in [9.17, 15) is 9.59 Å². The van der Waals surface area contributed by atoms with Gasteiger partial charge < -0.3 is 9.47 Å². The van der Waals surface area contributed by atoms with Crippen LogP contribution in [0.25, 0.3) is 0 Å². The van der Waals surface area contributed by atoms with Crippen molar-refractivity contribution in [3.05, 3.63) is 71.3 Å². The maximum atomic E-state index is 12.1. The van der Waals surface area contributed by atoms with Gasteiger partial charge in [-0.25, -0.2) is 4.79 Å². The molecule has 26 heavy (non-hydrogen) atoms. The fraction of sp³-hybridized carbons (Fsp3) is 0.364. The first kappa shape index (κ1) is 19.9. The maximum Gasteiger partial charge on any atom is 0.374 e. The van der Waals surface area contributed by atoms with E-state index >= 15 is 0 Å². The van der Waals surface area contributed by atoms with Gasteiger partial charge in [-0.15, -0.1) is 0 Å². The van der Waals surface area contributed by atoms with Crippen LogP contribution in [0.3, 0.4) is 0 Å². The standard InChI is InChI=1S/C22H26O4/c1-16(2)26-21(19-11-9-17(3)10-12-19)14-13-20(23)22(24)25-15-18-7-5-4-6-8-18/h4-12,16,21H,13-15H2,1-3H3. The average molecular weight is 354 g/mol. The van der Waals surface area contributed by atoms with E-state index in [2.05, 4.69) is 0 Å². The van der Waals surface area contributed by atoms with Gasteiger partial charge in [-0.05, 0) is 38.3 Å². The van der Waals surface area contributed by atoms with Crippen molar-refractivity contribution in [2.75, 3.05) is 0 Å². The van der Waals surface area contributed by atoms with E-state index in [0.29, 0.717) is 6.42 Å². The lowest BCUT2D eigenvalue weighted by Crippen LogP contribution is -2.19. The third-order valence-electron chi connectivity index (χ3n) is 3.96. The molecule has 2 aromatic rings. The molecule has 0 N–H and O–H groups in total. The Hall–Kier alpha value is -2.46. The molecule has 4 heteroatoms. The molecule has 1 atom stereocenters. The minimum absolute atomic E-state index is 0.0291. The van der Waals surface area contributed by atoms with E-state index in [1.165, 1.54) is 0 Å². The Morgan fingerprint density at radius 3 is 2.23 bits per heavy atom. The highest BCUT2D eigenvalue weighted by Crippen LogP contribution is 2.25. The molecular formula is C22H26O4. The molecule has 4 nitrogen and oxygen atoms in total. The van der Waals surface area contributed by atoms with Gasteiger partial charge in [-0.2, -0.15) is 0 Å². The van der Waals surface area contributed by atoms with E-state index in [-0.39, 0.29) is 25.2 Å². The largest absolute Gasteiger partial charge is 0.455 e. The zero-order valence-electron chi connectivity index (χ0n) is 15.6. The van der Waals surface area contributed by atoms with Crippen molar-refractivity contribution < 1.29 is 19.1 Å². The van der Waals surface area contributed by atoms with E-state index < -0.39 is 11.8 Å². The van der Waals surface area contributed by atoms with Crippen LogP contribution in [0.4, 0.5) is 0 Å². The molecule has 0 aromatic heterocycles. The number of ketones is 1. The monoisotopic (exact) mass is 354 g/mol. The lowest BCUT2D eigenvalue weighted by atomic mass is 10.0. The Morgan fingerprint density at radius 1 is 0.962 bits per heavy atom. The first-order valence-corrected chi connectivity index (χ1v) is 8.91. The highest BCUT2D eigenvalue weighted by atomic mass is 16.5. The molecule has 0 spiro atoms. The number of hydrogen-bond acceptors (Lipinski definition) is 4. The summed E-state index contributed by atoms with van der Waals surface area (Å²) in [5, 5.41) is 0. The van der Waals surface area contributed by atoms with Crippen LogP contribution in [0.5, 0.6) is 0 Å². The molecule has 2 aromatic carbocycles. The summed E-state index contributed by atoms with van der Waals surface area (Å²) in [5.74, 6) is -1.31. The van der Waals surface area contributed by atoms with Crippen LogP contribution in [0, 0.1) is 6.92 Å². The fourth-order valence-electron chi connectivity index (χ4n) is 2.59. The van der Waals surface area contributed by atoms with Gasteiger partial charge >= 0.3 is 5.97 Å². The third-order valence-corrected chi connectivity index (χ3v) is 3.96. The smallest absolute Gasteiger partial charge is 0.374 e. The van der Waals surface area contributed by atoms with Crippen molar-refractivity contribution in [1.82, 2.24) is 0 Å². The van der Waals surface area contributed by atoms with Crippen molar-refractivity contribution >= 4 is 11.8 Å². The molecule has 0 saturated carbocycles. The molecule has 0 amide bonds. The first-order chi connectivity index (χ1) is 12.5. The molecule has 138 valence electrons. The molecule has 0 radical (unpaired) electrons. The number of aryl methyl sites for hydroxylation is 1. The van der Waals surface area contributed by atoms with Crippen LogP contribution in [0.1, 0.15) is 49.5 Å². The lowest BCUT2D eigenvalue weighted by Gasteiger charge is -2.20. The molecule has 0 aliphatic rings. The summed E-state index contributed by atoms with van der Waals surface area (Å²) in [7, 11) is 0. The molecule has 0 aliphatic carbocycles. The second-order valence-corrected chi connectivity index (χ2v) is 6.61. The van der Waals surface area contributed by atoms with Crippen molar-refractivity contribution in [3.63, 3.8) is 0 Å². The number of carbonyl (C=O) groups is 2. The summed E-state index contributed by atoms with van der Waals surface area (Å²) in [4.78, 5) is 24.0. The zero-order chi connectivity index (χ0) is 18.9. The van der Waals surface area contributed by atoms with Crippen LogP contribution in [0.2, 0.25) is 0 Å². The molecule has 0 saturated heterocycles. The number of Topliss-reactive ketones (excluding diaryl/α,β-unsaturated/α-hetero) is 1. The Labute approximate surface area is 155 Å².